The molecule has 104 valence electrons. The lowest BCUT2D eigenvalue weighted by Gasteiger charge is -2.26. The van der Waals surface area contributed by atoms with Crippen molar-refractivity contribution in [2.75, 3.05) is 6.54 Å². The molecule has 1 unspecified atom stereocenters. The number of carbonyl (C=O) groups is 1. The second kappa shape index (κ2) is 7.70. The Morgan fingerprint density at radius 3 is 1.82 bits per heavy atom. The van der Waals surface area contributed by atoms with Gasteiger partial charge in [-0.05, 0) is 10.8 Å². The molecule has 0 aromatic rings. The summed E-state index contributed by atoms with van der Waals surface area (Å²) >= 11 is 0. The topological polar surface area (TPSA) is 49.3 Å². The van der Waals surface area contributed by atoms with E-state index in [4.69, 9.17) is 0 Å². The zero-order valence-corrected chi connectivity index (χ0v) is 12.8. The first-order valence-corrected chi connectivity index (χ1v) is 6.47. The minimum absolute atomic E-state index is 0.0765. The van der Waals surface area contributed by atoms with Crippen LogP contribution in [0.3, 0.4) is 0 Å². The second-order valence-electron chi connectivity index (χ2n) is 6.42. The van der Waals surface area contributed by atoms with Gasteiger partial charge in [-0.3, -0.25) is 4.79 Å². The van der Waals surface area contributed by atoms with Gasteiger partial charge in [0.1, 0.15) is 0 Å². The number of hydrogen-bond donors (Lipinski definition) is 2. The highest BCUT2D eigenvalue weighted by molar-refractivity contribution is 5.76. The summed E-state index contributed by atoms with van der Waals surface area (Å²) in [6.45, 7) is 16.6. The number of carbonyl (C=O) groups excluding carboxylic acids is 1. The van der Waals surface area contributed by atoms with E-state index in [1.807, 2.05) is 34.6 Å². The molecule has 0 radical (unpaired) electrons. The highest BCUT2D eigenvalue weighted by Crippen LogP contribution is 2.21. The van der Waals surface area contributed by atoms with Gasteiger partial charge in [0.05, 0.1) is 12.5 Å². The molecule has 0 rings (SSSR count). The number of rotatable bonds is 3. The van der Waals surface area contributed by atoms with Gasteiger partial charge < -0.3 is 10.4 Å². The van der Waals surface area contributed by atoms with Crippen LogP contribution in [0.4, 0.5) is 0 Å². The normalized spacial score (nSPS) is 13.5. The Morgan fingerprint density at radius 1 is 1.12 bits per heavy atom. The number of nitrogens with one attached hydrogen (secondary N) is 1. The number of amides is 1. The van der Waals surface area contributed by atoms with Crippen LogP contribution in [-0.2, 0) is 4.79 Å². The molecule has 3 heteroatoms. The van der Waals surface area contributed by atoms with E-state index in [1.165, 1.54) is 0 Å². The van der Waals surface area contributed by atoms with Crippen molar-refractivity contribution in [1.82, 2.24) is 5.32 Å². The van der Waals surface area contributed by atoms with E-state index in [0.717, 1.165) is 0 Å². The highest BCUT2D eigenvalue weighted by Gasteiger charge is 2.24. The lowest BCUT2D eigenvalue weighted by Crippen LogP contribution is -2.37. The van der Waals surface area contributed by atoms with Crippen LogP contribution in [0.15, 0.2) is 0 Å². The summed E-state index contributed by atoms with van der Waals surface area (Å²) in [4.78, 5) is 11.5. The molecule has 0 spiro atoms. The fraction of sp³-hybridized carbons (Fsp3) is 0.929. The van der Waals surface area contributed by atoms with Crippen LogP contribution in [0.5, 0.6) is 0 Å². The van der Waals surface area contributed by atoms with Crippen LogP contribution < -0.4 is 5.32 Å². The van der Waals surface area contributed by atoms with Gasteiger partial charge in [-0.1, -0.05) is 55.4 Å². The third-order valence-corrected chi connectivity index (χ3v) is 2.19. The van der Waals surface area contributed by atoms with Gasteiger partial charge in [0.15, 0.2) is 0 Å². The van der Waals surface area contributed by atoms with Crippen molar-refractivity contribution in [3.05, 3.63) is 0 Å². The summed E-state index contributed by atoms with van der Waals surface area (Å²) in [5, 5.41) is 12.6. The smallest absolute Gasteiger partial charge is 0.222 e. The zero-order valence-electron chi connectivity index (χ0n) is 12.8. The van der Waals surface area contributed by atoms with Crippen molar-refractivity contribution in [2.24, 2.45) is 10.8 Å². The average Bonchev–Trinajstić information content (AvgIpc) is 2.15. The average molecular weight is 245 g/mol. The van der Waals surface area contributed by atoms with Crippen LogP contribution in [0.25, 0.3) is 0 Å². The third-order valence-electron chi connectivity index (χ3n) is 2.19. The summed E-state index contributed by atoms with van der Waals surface area (Å²) in [7, 11) is 0. The molecule has 17 heavy (non-hydrogen) atoms. The summed E-state index contributed by atoms with van der Waals surface area (Å²) in [6, 6.07) is 0. The number of aliphatic hydroxyl groups is 1. The Labute approximate surface area is 107 Å². The molecule has 0 aromatic heterocycles. The first-order valence-electron chi connectivity index (χ1n) is 6.47. The first kappa shape index (κ1) is 18.8. The minimum atomic E-state index is -0.586. The van der Waals surface area contributed by atoms with Crippen molar-refractivity contribution in [2.45, 2.75) is 67.9 Å². The van der Waals surface area contributed by atoms with E-state index in [0.29, 0.717) is 6.54 Å². The molecule has 0 saturated heterocycles. The molecule has 0 aliphatic rings. The molecule has 0 heterocycles. The van der Waals surface area contributed by atoms with E-state index in [9.17, 15) is 9.90 Å². The minimum Gasteiger partial charge on any atom is -0.392 e. The quantitative estimate of drug-likeness (QED) is 0.803. The zero-order chi connectivity index (χ0) is 14.3. The van der Waals surface area contributed by atoms with Gasteiger partial charge in [-0.15, -0.1) is 0 Å². The monoisotopic (exact) mass is 245 g/mol. The van der Waals surface area contributed by atoms with Crippen molar-refractivity contribution in [3.8, 4) is 0 Å². The van der Waals surface area contributed by atoms with Crippen LogP contribution in [-0.4, -0.2) is 23.7 Å². The van der Waals surface area contributed by atoms with Gasteiger partial charge in [-0.25, -0.2) is 0 Å². The molecule has 1 amide bonds. The predicted octanol–water partition coefficient (Wildman–Crippen LogP) is 2.97. The van der Waals surface area contributed by atoms with Gasteiger partial charge >= 0.3 is 0 Å². The molecule has 3 nitrogen and oxygen atoms in total. The molecule has 0 aromatic carbocycles. The Morgan fingerprint density at radius 2 is 1.53 bits per heavy atom. The van der Waals surface area contributed by atoms with E-state index < -0.39 is 6.10 Å². The molecule has 0 fully saturated rings. The maximum Gasteiger partial charge on any atom is 0.222 e. The summed E-state index contributed by atoms with van der Waals surface area (Å²) in [5.74, 6) is -0.0765. The van der Waals surface area contributed by atoms with Crippen molar-refractivity contribution >= 4 is 5.91 Å². The summed E-state index contributed by atoms with van der Waals surface area (Å²) in [5.41, 5.74) is -0.151. The molecular weight excluding hydrogens is 214 g/mol. The number of aliphatic hydroxyl groups excluding tert-OH is 1. The maximum atomic E-state index is 11.5. The lowest BCUT2D eigenvalue weighted by molar-refractivity contribution is -0.125. The van der Waals surface area contributed by atoms with Crippen LogP contribution in [0.1, 0.15) is 61.8 Å². The maximum absolute atomic E-state index is 11.5. The fourth-order valence-corrected chi connectivity index (χ4v) is 0.918. The predicted molar refractivity (Wildman–Crippen MR) is 73.9 cm³/mol. The van der Waals surface area contributed by atoms with Crippen LogP contribution in [0, 0.1) is 10.8 Å². The van der Waals surface area contributed by atoms with Crippen LogP contribution >= 0.6 is 0 Å². The largest absolute Gasteiger partial charge is 0.392 e. The third kappa shape index (κ3) is 11.7. The van der Waals surface area contributed by atoms with Crippen molar-refractivity contribution in [3.63, 3.8) is 0 Å². The van der Waals surface area contributed by atoms with Crippen molar-refractivity contribution in [1.29, 1.82) is 0 Å². The van der Waals surface area contributed by atoms with E-state index in [1.54, 1.807) is 0 Å². The van der Waals surface area contributed by atoms with Gasteiger partial charge in [0.2, 0.25) is 5.91 Å². The lowest BCUT2D eigenvalue weighted by atomic mass is 9.87. The summed E-state index contributed by atoms with van der Waals surface area (Å²) in [6.07, 6.45) is -0.406. The Bertz CT molecular complexity index is 211. The Hall–Kier alpha value is -0.570. The SMILES string of the molecule is CC.CC(C)(C)CNC(=O)CC(O)C(C)(C)C. The number of hydrogen-bond acceptors (Lipinski definition) is 2. The van der Waals surface area contributed by atoms with Crippen molar-refractivity contribution < 1.29 is 9.90 Å². The Balaban J connectivity index is 0. The summed E-state index contributed by atoms with van der Waals surface area (Å²) < 4.78 is 0. The van der Waals surface area contributed by atoms with E-state index >= 15 is 0 Å². The Kier molecular flexibility index (Phi) is 8.51. The first-order chi connectivity index (χ1) is 7.52. The standard InChI is InChI=1S/C12H25NO2.C2H6/c1-11(2,3)8-13-10(15)7-9(14)12(4,5)6;1-2/h9,14H,7-8H2,1-6H3,(H,13,15);1-2H3. The van der Waals surface area contributed by atoms with Gasteiger partial charge in [0.25, 0.3) is 0 Å². The molecule has 0 aliphatic carbocycles. The fourth-order valence-electron chi connectivity index (χ4n) is 0.918. The molecule has 0 saturated carbocycles. The van der Waals surface area contributed by atoms with Gasteiger partial charge in [0, 0.05) is 6.54 Å². The van der Waals surface area contributed by atoms with Gasteiger partial charge in [-0.2, -0.15) is 0 Å². The second-order valence-corrected chi connectivity index (χ2v) is 6.42. The highest BCUT2D eigenvalue weighted by atomic mass is 16.3. The molecule has 2 N–H and O–H groups in total. The molecule has 0 bridgehead atoms. The van der Waals surface area contributed by atoms with E-state index in [2.05, 4.69) is 26.1 Å². The van der Waals surface area contributed by atoms with Crippen LogP contribution in [0.2, 0.25) is 0 Å². The molecule has 1 atom stereocenters. The molecular formula is C14H31NO2. The molecule has 0 aliphatic heterocycles. The van der Waals surface area contributed by atoms with E-state index in [-0.39, 0.29) is 23.2 Å².